The molecule has 1 aromatic carbocycles. The molecule has 2 N–H and O–H groups in total. The molecule has 106 valence electrons. The molecule has 5 heteroatoms. The van der Waals surface area contributed by atoms with E-state index in [1.165, 1.54) is 0 Å². The van der Waals surface area contributed by atoms with Gasteiger partial charge in [-0.25, -0.2) is 12.9 Å². The second-order valence-corrected chi connectivity index (χ2v) is 7.85. The number of hydrogen-bond acceptors (Lipinski definition) is 3. The Morgan fingerprint density at radius 2 is 1.95 bits per heavy atom. The van der Waals surface area contributed by atoms with Crippen LogP contribution >= 0.6 is 0 Å². The van der Waals surface area contributed by atoms with Crippen LogP contribution in [0.4, 0.5) is 5.69 Å². The Hall–Kier alpha value is -1.07. The molecule has 2 rings (SSSR count). The molecule has 1 saturated carbocycles. The Morgan fingerprint density at radius 1 is 1.37 bits per heavy atom. The Morgan fingerprint density at radius 3 is 2.42 bits per heavy atom. The number of nitrogens with zero attached hydrogens (tertiary/aromatic N) is 2. The van der Waals surface area contributed by atoms with Gasteiger partial charge in [-0.05, 0) is 43.0 Å². The highest BCUT2D eigenvalue weighted by Gasteiger charge is 2.33. The molecule has 0 aromatic heterocycles. The van der Waals surface area contributed by atoms with Crippen LogP contribution in [0.2, 0.25) is 0 Å². The number of hydrogen-bond donors (Lipinski definition) is 1. The van der Waals surface area contributed by atoms with Gasteiger partial charge in [0.25, 0.3) is 0 Å². The molecule has 19 heavy (non-hydrogen) atoms. The summed E-state index contributed by atoms with van der Waals surface area (Å²) in [4.78, 5) is 0.761. The van der Waals surface area contributed by atoms with Gasteiger partial charge in [0.2, 0.25) is 0 Å². The summed E-state index contributed by atoms with van der Waals surface area (Å²) >= 11 is 0. The lowest BCUT2D eigenvalue weighted by molar-refractivity contribution is 0.504. The van der Waals surface area contributed by atoms with Crippen LogP contribution in [0.5, 0.6) is 0 Å². The first kappa shape index (κ1) is 14.3. The predicted molar refractivity (Wildman–Crippen MR) is 80.2 cm³/mol. The van der Waals surface area contributed by atoms with Crippen LogP contribution in [0.25, 0.3) is 0 Å². The SMILES string of the molecule is CC(C)CN=S(=O)(c1ccc(N)cc1)N(C)C1CC1. The number of rotatable bonds is 5. The van der Waals surface area contributed by atoms with Gasteiger partial charge < -0.3 is 5.73 Å². The van der Waals surface area contributed by atoms with Crippen LogP contribution in [0, 0.1) is 5.92 Å². The largest absolute Gasteiger partial charge is 0.399 e. The van der Waals surface area contributed by atoms with Gasteiger partial charge in [0.15, 0.2) is 0 Å². The quantitative estimate of drug-likeness (QED) is 0.844. The lowest BCUT2D eigenvalue weighted by Crippen LogP contribution is -2.29. The summed E-state index contributed by atoms with van der Waals surface area (Å²) in [5.74, 6) is 0.405. The minimum Gasteiger partial charge on any atom is -0.399 e. The van der Waals surface area contributed by atoms with E-state index in [4.69, 9.17) is 5.73 Å². The molecule has 0 bridgehead atoms. The summed E-state index contributed by atoms with van der Waals surface area (Å²) in [7, 11) is -0.575. The summed E-state index contributed by atoms with van der Waals surface area (Å²) in [5, 5.41) is 0. The summed E-state index contributed by atoms with van der Waals surface area (Å²) in [6.07, 6.45) is 2.22. The zero-order valence-electron chi connectivity index (χ0n) is 11.9. The van der Waals surface area contributed by atoms with Crippen LogP contribution in [-0.2, 0) is 9.92 Å². The van der Waals surface area contributed by atoms with E-state index in [9.17, 15) is 4.21 Å². The second kappa shape index (κ2) is 5.51. The minimum absolute atomic E-state index is 0.404. The van der Waals surface area contributed by atoms with Gasteiger partial charge in [-0.15, -0.1) is 0 Å². The third-order valence-corrected chi connectivity index (χ3v) is 5.72. The van der Waals surface area contributed by atoms with Gasteiger partial charge in [-0.2, -0.15) is 0 Å². The van der Waals surface area contributed by atoms with Crippen molar-refractivity contribution in [2.24, 2.45) is 10.3 Å². The van der Waals surface area contributed by atoms with E-state index in [0.717, 1.165) is 17.7 Å². The van der Waals surface area contributed by atoms with Gasteiger partial charge in [0.1, 0.15) is 9.92 Å². The fraction of sp³-hybridized carbons (Fsp3) is 0.571. The molecule has 0 heterocycles. The first-order chi connectivity index (χ1) is 8.93. The summed E-state index contributed by atoms with van der Waals surface area (Å²) in [6.45, 7) is 4.78. The van der Waals surface area contributed by atoms with Crippen molar-refractivity contribution in [2.75, 3.05) is 19.3 Å². The average molecular weight is 281 g/mol. The summed E-state index contributed by atoms with van der Waals surface area (Å²) in [6, 6.07) is 7.66. The van der Waals surface area contributed by atoms with Crippen molar-refractivity contribution in [1.82, 2.24) is 4.31 Å². The third kappa shape index (κ3) is 3.28. The standard InChI is InChI=1S/C14H23N3OS/c1-11(2)10-16-19(18,17(3)13-6-7-13)14-8-4-12(15)5-9-14/h4-5,8-9,11,13H,6-7,10,15H2,1-3H3. The molecule has 1 aromatic rings. The molecule has 0 amide bonds. The fourth-order valence-corrected chi connectivity index (χ4v) is 4.14. The highest BCUT2D eigenvalue weighted by Crippen LogP contribution is 2.32. The van der Waals surface area contributed by atoms with Crippen molar-refractivity contribution in [3.8, 4) is 0 Å². The smallest absolute Gasteiger partial charge is 0.139 e. The van der Waals surface area contributed by atoms with Crippen molar-refractivity contribution in [2.45, 2.75) is 37.6 Å². The van der Waals surface area contributed by atoms with Crippen LogP contribution < -0.4 is 5.73 Å². The van der Waals surface area contributed by atoms with E-state index in [1.807, 2.05) is 23.5 Å². The monoisotopic (exact) mass is 281 g/mol. The third-order valence-electron chi connectivity index (χ3n) is 3.25. The number of benzene rings is 1. The highest BCUT2D eigenvalue weighted by atomic mass is 32.2. The van der Waals surface area contributed by atoms with Crippen LogP contribution in [0.3, 0.4) is 0 Å². The van der Waals surface area contributed by atoms with Crippen molar-refractivity contribution >= 4 is 15.6 Å². The van der Waals surface area contributed by atoms with Crippen LogP contribution in [-0.4, -0.2) is 28.1 Å². The molecule has 0 spiro atoms. The zero-order chi connectivity index (χ0) is 14.0. The maximum Gasteiger partial charge on any atom is 0.139 e. The average Bonchev–Trinajstić information content (AvgIpc) is 3.20. The van der Waals surface area contributed by atoms with Crippen molar-refractivity contribution in [1.29, 1.82) is 0 Å². The van der Waals surface area contributed by atoms with E-state index in [2.05, 4.69) is 18.2 Å². The predicted octanol–water partition coefficient (Wildman–Crippen LogP) is 2.76. The molecule has 4 nitrogen and oxygen atoms in total. The van der Waals surface area contributed by atoms with Crippen molar-refractivity contribution < 1.29 is 4.21 Å². The minimum atomic E-state index is -2.49. The van der Waals surface area contributed by atoms with E-state index in [0.29, 0.717) is 24.2 Å². The normalized spacial score (nSPS) is 18.6. The molecule has 0 saturated heterocycles. The molecule has 1 atom stereocenters. The molecular formula is C14H23N3OS. The van der Waals surface area contributed by atoms with Gasteiger partial charge in [0, 0.05) is 18.8 Å². The van der Waals surface area contributed by atoms with E-state index in [-0.39, 0.29) is 0 Å². The fourth-order valence-electron chi connectivity index (χ4n) is 1.87. The maximum atomic E-state index is 13.3. The topological polar surface area (TPSA) is 58.7 Å². The lowest BCUT2D eigenvalue weighted by Gasteiger charge is -2.22. The van der Waals surface area contributed by atoms with Crippen molar-refractivity contribution in [3.05, 3.63) is 24.3 Å². The van der Waals surface area contributed by atoms with E-state index >= 15 is 0 Å². The first-order valence-electron chi connectivity index (χ1n) is 6.75. The Labute approximate surface area is 116 Å². The Kier molecular flexibility index (Phi) is 4.16. The Bertz CT molecular complexity index is 540. The number of nitrogen functional groups attached to an aromatic ring is 1. The lowest BCUT2D eigenvalue weighted by atomic mass is 10.2. The van der Waals surface area contributed by atoms with Gasteiger partial charge in [0.05, 0.1) is 11.4 Å². The second-order valence-electron chi connectivity index (χ2n) is 5.55. The van der Waals surface area contributed by atoms with E-state index < -0.39 is 9.92 Å². The van der Waals surface area contributed by atoms with Crippen LogP contribution in [0.1, 0.15) is 26.7 Å². The Balaban J connectivity index is 2.41. The van der Waals surface area contributed by atoms with Crippen LogP contribution in [0.15, 0.2) is 33.5 Å². The number of anilines is 1. The molecule has 0 aliphatic heterocycles. The first-order valence-corrected chi connectivity index (χ1v) is 8.22. The summed E-state index contributed by atoms with van der Waals surface area (Å²) < 4.78 is 19.8. The zero-order valence-corrected chi connectivity index (χ0v) is 12.7. The highest BCUT2D eigenvalue weighted by molar-refractivity contribution is 7.91. The maximum absolute atomic E-state index is 13.3. The van der Waals surface area contributed by atoms with Gasteiger partial charge >= 0.3 is 0 Å². The molecule has 1 unspecified atom stereocenters. The molecule has 1 aliphatic carbocycles. The number of nitrogens with two attached hydrogens (primary N) is 1. The molecule has 0 radical (unpaired) electrons. The van der Waals surface area contributed by atoms with Gasteiger partial charge in [-0.3, -0.25) is 0 Å². The van der Waals surface area contributed by atoms with E-state index in [1.54, 1.807) is 12.1 Å². The van der Waals surface area contributed by atoms with Gasteiger partial charge in [-0.1, -0.05) is 13.8 Å². The molecular weight excluding hydrogens is 258 g/mol. The summed E-state index contributed by atoms with van der Waals surface area (Å²) in [5.41, 5.74) is 6.39. The molecule has 1 aliphatic rings. The molecule has 1 fully saturated rings. The van der Waals surface area contributed by atoms with Crippen molar-refractivity contribution in [3.63, 3.8) is 0 Å².